The molecule has 0 aliphatic heterocycles. The van der Waals surface area contributed by atoms with E-state index in [0.717, 1.165) is 28.7 Å². The molecule has 1 N–H and O–H groups in total. The summed E-state index contributed by atoms with van der Waals surface area (Å²) in [6.07, 6.45) is 2.78. The van der Waals surface area contributed by atoms with Crippen LogP contribution in [0.5, 0.6) is 0 Å². The molecule has 1 atom stereocenters. The fourth-order valence-corrected chi connectivity index (χ4v) is 2.93. The zero-order valence-electron chi connectivity index (χ0n) is 12.6. The van der Waals surface area contributed by atoms with Gasteiger partial charge < -0.3 is 5.32 Å². The van der Waals surface area contributed by atoms with Gasteiger partial charge >= 0.3 is 0 Å². The molecule has 0 saturated heterocycles. The summed E-state index contributed by atoms with van der Waals surface area (Å²) in [5.41, 5.74) is 2.09. The SMILES string of the molecule is CCNC(Cc1ccn(C(C)C)n1)c1ccc(F)cc1Br. The summed E-state index contributed by atoms with van der Waals surface area (Å²) in [7, 11) is 0. The van der Waals surface area contributed by atoms with E-state index in [2.05, 4.69) is 47.1 Å². The van der Waals surface area contributed by atoms with Crippen molar-refractivity contribution in [3.05, 3.63) is 52.0 Å². The van der Waals surface area contributed by atoms with Crippen molar-refractivity contribution in [2.75, 3.05) is 6.54 Å². The topological polar surface area (TPSA) is 29.9 Å². The Kier molecular flexibility index (Phi) is 5.53. The first kappa shape index (κ1) is 16.2. The second-order valence-electron chi connectivity index (χ2n) is 5.36. The third kappa shape index (κ3) is 4.14. The standard InChI is InChI=1S/C16H21BrFN3/c1-4-19-16(14-6-5-12(18)9-15(14)17)10-13-7-8-21(20-13)11(2)3/h5-9,11,16,19H,4,10H2,1-3H3. The molecule has 0 radical (unpaired) electrons. The first-order valence-corrected chi connectivity index (χ1v) is 8.03. The molecule has 5 heteroatoms. The summed E-state index contributed by atoms with van der Waals surface area (Å²) in [5.74, 6) is -0.232. The van der Waals surface area contributed by atoms with Crippen molar-refractivity contribution in [3.63, 3.8) is 0 Å². The Hall–Kier alpha value is -1.20. The zero-order valence-corrected chi connectivity index (χ0v) is 14.2. The molecule has 1 unspecified atom stereocenters. The van der Waals surface area contributed by atoms with Gasteiger partial charge in [0.05, 0.1) is 5.69 Å². The van der Waals surface area contributed by atoms with E-state index in [1.807, 2.05) is 23.0 Å². The van der Waals surface area contributed by atoms with E-state index in [9.17, 15) is 4.39 Å². The minimum atomic E-state index is -0.232. The molecule has 1 aromatic heterocycles. The van der Waals surface area contributed by atoms with Crippen LogP contribution in [-0.4, -0.2) is 16.3 Å². The van der Waals surface area contributed by atoms with Crippen LogP contribution in [0.4, 0.5) is 4.39 Å². The van der Waals surface area contributed by atoms with Gasteiger partial charge in [-0.25, -0.2) is 4.39 Å². The average Bonchev–Trinajstić information content (AvgIpc) is 2.87. The third-order valence-electron chi connectivity index (χ3n) is 3.39. The number of rotatable bonds is 6. The van der Waals surface area contributed by atoms with Crippen molar-refractivity contribution >= 4 is 15.9 Å². The van der Waals surface area contributed by atoms with Gasteiger partial charge in [0.1, 0.15) is 5.82 Å². The first-order valence-electron chi connectivity index (χ1n) is 7.23. The van der Waals surface area contributed by atoms with Gasteiger partial charge in [0, 0.05) is 29.2 Å². The van der Waals surface area contributed by atoms with E-state index < -0.39 is 0 Å². The molecule has 0 fully saturated rings. The lowest BCUT2D eigenvalue weighted by Gasteiger charge is -2.19. The number of benzene rings is 1. The van der Waals surface area contributed by atoms with Gasteiger partial charge in [-0.2, -0.15) is 5.10 Å². The lowest BCUT2D eigenvalue weighted by molar-refractivity contribution is 0.505. The summed E-state index contributed by atoms with van der Waals surface area (Å²) in [5, 5.41) is 8.04. The Bertz CT molecular complexity index is 595. The van der Waals surface area contributed by atoms with Gasteiger partial charge in [-0.3, -0.25) is 4.68 Å². The number of likely N-dealkylation sites (N-methyl/N-ethyl adjacent to an activating group) is 1. The molecular weight excluding hydrogens is 333 g/mol. The lowest BCUT2D eigenvalue weighted by Crippen LogP contribution is -2.23. The summed E-state index contributed by atoms with van der Waals surface area (Å²) < 4.78 is 16.0. The fourth-order valence-electron chi connectivity index (χ4n) is 2.31. The Morgan fingerprint density at radius 2 is 2.10 bits per heavy atom. The highest BCUT2D eigenvalue weighted by Crippen LogP contribution is 2.26. The summed E-state index contributed by atoms with van der Waals surface area (Å²) in [4.78, 5) is 0. The van der Waals surface area contributed by atoms with E-state index in [1.54, 1.807) is 0 Å². The van der Waals surface area contributed by atoms with Crippen molar-refractivity contribution in [1.82, 2.24) is 15.1 Å². The third-order valence-corrected chi connectivity index (χ3v) is 4.08. The number of nitrogens with one attached hydrogen (secondary N) is 1. The highest BCUT2D eigenvalue weighted by Gasteiger charge is 2.16. The van der Waals surface area contributed by atoms with Gasteiger partial charge in [0.25, 0.3) is 0 Å². The Balaban J connectivity index is 2.21. The maximum Gasteiger partial charge on any atom is 0.124 e. The van der Waals surface area contributed by atoms with Crippen molar-refractivity contribution in [2.45, 2.75) is 39.3 Å². The first-order chi connectivity index (χ1) is 10.0. The van der Waals surface area contributed by atoms with Crippen molar-refractivity contribution in [1.29, 1.82) is 0 Å². The van der Waals surface area contributed by atoms with Crippen LogP contribution in [-0.2, 0) is 6.42 Å². The molecule has 21 heavy (non-hydrogen) atoms. The summed E-state index contributed by atoms with van der Waals surface area (Å²) >= 11 is 3.45. The molecule has 3 nitrogen and oxygen atoms in total. The molecule has 2 aromatic rings. The van der Waals surface area contributed by atoms with Gasteiger partial charge in [-0.1, -0.05) is 28.9 Å². The zero-order chi connectivity index (χ0) is 15.4. The van der Waals surface area contributed by atoms with E-state index in [-0.39, 0.29) is 11.9 Å². The number of hydrogen-bond acceptors (Lipinski definition) is 2. The molecule has 0 spiro atoms. The largest absolute Gasteiger partial charge is 0.310 e. The number of nitrogens with zero attached hydrogens (tertiary/aromatic N) is 2. The predicted molar refractivity (Wildman–Crippen MR) is 86.8 cm³/mol. The van der Waals surface area contributed by atoms with Crippen LogP contribution >= 0.6 is 15.9 Å². The van der Waals surface area contributed by atoms with Gasteiger partial charge in [0.15, 0.2) is 0 Å². The molecule has 0 bridgehead atoms. The molecule has 2 rings (SSSR count). The van der Waals surface area contributed by atoms with Crippen LogP contribution in [0.2, 0.25) is 0 Å². The maximum absolute atomic E-state index is 13.2. The van der Waals surface area contributed by atoms with Crippen molar-refractivity contribution in [2.24, 2.45) is 0 Å². The monoisotopic (exact) mass is 353 g/mol. The van der Waals surface area contributed by atoms with E-state index in [4.69, 9.17) is 0 Å². The maximum atomic E-state index is 13.2. The molecule has 0 aliphatic rings. The van der Waals surface area contributed by atoms with E-state index >= 15 is 0 Å². The van der Waals surface area contributed by atoms with E-state index in [1.165, 1.54) is 12.1 Å². The van der Waals surface area contributed by atoms with Crippen LogP contribution < -0.4 is 5.32 Å². The lowest BCUT2D eigenvalue weighted by atomic mass is 10.0. The molecule has 0 aliphatic carbocycles. The number of halogens is 2. The van der Waals surface area contributed by atoms with Crippen LogP contribution in [0, 0.1) is 5.82 Å². The smallest absolute Gasteiger partial charge is 0.124 e. The fraction of sp³-hybridized carbons (Fsp3) is 0.438. The predicted octanol–water partition coefficient (Wildman–Crippen LogP) is 4.26. The minimum Gasteiger partial charge on any atom is -0.310 e. The normalized spacial score (nSPS) is 12.9. The number of aromatic nitrogens is 2. The second kappa shape index (κ2) is 7.18. The molecule has 1 aromatic carbocycles. The van der Waals surface area contributed by atoms with E-state index in [0.29, 0.717) is 6.04 Å². The Labute approximate surface area is 133 Å². The Morgan fingerprint density at radius 1 is 1.33 bits per heavy atom. The molecule has 114 valence electrons. The highest BCUT2D eigenvalue weighted by atomic mass is 79.9. The molecule has 1 heterocycles. The highest BCUT2D eigenvalue weighted by molar-refractivity contribution is 9.10. The second-order valence-corrected chi connectivity index (χ2v) is 6.22. The van der Waals surface area contributed by atoms with Crippen molar-refractivity contribution < 1.29 is 4.39 Å². The average molecular weight is 354 g/mol. The van der Waals surface area contributed by atoms with Gasteiger partial charge in [-0.15, -0.1) is 0 Å². The minimum absolute atomic E-state index is 0.112. The van der Waals surface area contributed by atoms with Crippen LogP contribution in [0.15, 0.2) is 34.9 Å². The Morgan fingerprint density at radius 3 is 2.67 bits per heavy atom. The van der Waals surface area contributed by atoms with Crippen molar-refractivity contribution in [3.8, 4) is 0 Å². The summed E-state index contributed by atoms with van der Waals surface area (Å²) in [6, 6.07) is 7.34. The molecular formula is C16H21BrFN3. The van der Waals surface area contributed by atoms with Gasteiger partial charge in [0.2, 0.25) is 0 Å². The molecule has 0 saturated carbocycles. The van der Waals surface area contributed by atoms with Gasteiger partial charge in [-0.05, 0) is 44.2 Å². The number of hydrogen-bond donors (Lipinski definition) is 1. The molecule has 0 amide bonds. The van der Waals surface area contributed by atoms with Crippen LogP contribution in [0.3, 0.4) is 0 Å². The summed E-state index contributed by atoms with van der Waals surface area (Å²) in [6.45, 7) is 7.13. The van der Waals surface area contributed by atoms with Crippen LogP contribution in [0.25, 0.3) is 0 Å². The van der Waals surface area contributed by atoms with Crippen LogP contribution in [0.1, 0.15) is 44.1 Å². The quantitative estimate of drug-likeness (QED) is 0.840.